The zero-order chi connectivity index (χ0) is 36.1. The molecule has 8 rings (SSSR count). The summed E-state index contributed by atoms with van der Waals surface area (Å²) >= 11 is 3.11. The molecule has 2 nitrogen and oxygen atoms in total. The second-order valence-corrected chi connectivity index (χ2v) is 17.2. The van der Waals surface area contributed by atoms with Gasteiger partial charge in [-0.3, -0.25) is 12.2 Å². The van der Waals surface area contributed by atoms with E-state index in [1.807, 2.05) is 36.4 Å². The average Bonchev–Trinajstić information content (AvgIpc) is 3.93. The molecule has 0 saturated heterocycles. The first kappa shape index (κ1) is 47.9. The molecule has 0 unspecified atom stereocenters. The second kappa shape index (κ2) is 27.4. The third kappa shape index (κ3) is 16.5. The van der Waals surface area contributed by atoms with Crippen molar-refractivity contribution in [2.75, 3.05) is 14.2 Å². The van der Waals surface area contributed by atoms with Crippen LogP contribution in [0.3, 0.4) is 0 Å². The summed E-state index contributed by atoms with van der Waals surface area (Å²) in [5.74, 6) is 0. The number of fused-ring (bicyclic) bond motifs is 6. The molecule has 52 heavy (non-hydrogen) atoms. The molecule has 4 aromatic rings. The van der Waals surface area contributed by atoms with Gasteiger partial charge in [-0.2, -0.15) is 48.6 Å². The summed E-state index contributed by atoms with van der Waals surface area (Å²) in [5, 5.41) is 0. The van der Waals surface area contributed by atoms with Crippen molar-refractivity contribution >= 4 is 6.41 Å². The van der Waals surface area contributed by atoms with E-state index < -0.39 is 0 Å². The van der Waals surface area contributed by atoms with Crippen LogP contribution in [0, 0.1) is 24.3 Å². The van der Waals surface area contributed by atoms with Gasteiger partial charge >= 0.3 is 82.6 Å². The number of halogens is 2. The molecular formula is C46H48Cl2O2Zr2-2. The van der Waals surface area contributed by atoms with Crippen LogP contribution in [-0.2, 0) is 84.0 Å². The predicted octanol–water partition coefficient (Wildman–Crippen LogP) is 4.52. The van der Waals surface area contributed by atoms with Gasteiger partial charge in [0.15, 0.2) is 0 Å². The van der Waals surface area contributed by atoms with Gasteiger partial charge in [0, 0.05) is 27.4 Å². The summed E-state index contributed by atoms with van der Waals surface area (Å²) in [6.07, 6.45) is 22.0. The monoisotopic (exact) mass is 882 g/mol. The SMILES string of the molecule is COCc1cc[c-]c2c1-c1ccccc1C2.COCc1cc[c-]c2c1-c1ccccc1C2.C[C](C)=[Zr+2].C[C](C)=[Zr+2].[C-]1=CC=CC1.[C-]1=CC=CC1.[Cl-].[Cl-]. The van der Waals surface area contributed by atoms with Crippen LogP contribution in [0.2, 0.25) is 0 Å². The minimum atomic E-state index is 0. The number of methoxy groups -OCH3 is 2. The molecule has 0 aromatic heterocycles. The maximum atomic E-state index is 5.25. The molecule has 0 spiro atoms. The molecular weight excluding hydrogens is 838 g/mol. The van der Waals surface area contributed by atoms with Crippen molar-refractivity contribution in [3.63, 3.8) is 0 Å². The predicted molar refractivity (Wildman–Crippen MR) is 204 cm³/mol. The van der Waals surface area contributed by atoms with E-state index in [9.17, 15) is 0 Å². The van der Waals surface area contributed by atoms with Gasteiger partial charge in [-0.1, -0.05) is 70.8 Å². The minimum absolute atomic E-state index is 0. The van der Waals surface area contributed by atoms with Crippen molar-refractivity contribution in [1.82, 2.24) is 0 Å². The molecule has 0 heterocycles. The number of ether oxygens (including phenoxy) is 2. The summed E-state index contributed by atoms with van der Waals surface area (Å²) < 4.78 is 13.5. The maximum Gasteiger partial charge on any atom is -0.109 e. The van der Waals surface area contributed by atoms with Crippen molar-refractivity contribution in [3.8, 4) is 22.3 Å². The van der Waals surface area contributed by atoms with Gasteiger partial charge in [-0.05, 0) is 12.8 Å². The number of allylic oxidation sites excluding steroid dienone is 8. The van der Waals surface area contributed by atoms with Crippen molar-refractivity contribution in [3.05, 3.63) is 167 Å². The van der Waals surface area contributed by atoms with Crippen molar-refractivity contribution in [1.29, 1.82) is 0 Å². The Kier molecular flexibility index (Phi) is 25.3. The summed E-state index contributed by atoms with van der Waals surface area (Å²) in [7, 11) is 3.48. The largest absolute Gasteiger partial charge is 1.00 e. The van der Waals surface area contributed by atoms with Crippen LogP contribution in [0.25, 0.3) is 22.3 Å². The zero-order valence-corrected chi connectivity index (χ0v) is 37.6. The molecule has 0 fully saturated rings. The van der Waals surface area contributed by atoms with E-state index in [0.717, 1.165) is 25.7 Å². The van der Waals surface area contributed by atoms with Crippen LogP contribution >= 0.6 is 0 Å². The molecule has 0 N–H and O–H groups in total. The zero-order valence-electron chi connectivity index (χ0n) is 31.2. The van der Waals surface area contributed by atoms with E-state index in [4.69, 9.17) is 9.47 Å². The molecule has 6 heteroatoms. The van der Waals surface area contributed by atoms with E-state index in [1.54, 1.807) is 62.7 Å². The summed E-state index contributed by atoms with van der Waals surface area (Å²) in [6.45, 7) is 9.84. The number of rotatable bonds is 4. The van der Waals surface area contributed by atoms with Crippen LogP contribution in [0.15, 0.2) is 109 Å². The Balaban J connectivity index is 0.000000348. The van der Waals surface area contributed by atoms with E-state index >= 15 is 0 Å². The van der Waals surface area contributed by atoms with Crippen molar-refractivity contribution < 1.29 is 82.8 Å². The van der Waals surface area contributed by atoms with E-state index in [0.29, 0.717) is 13.2 Å². The molecule has 0 atom stereocenters. The molecule has 0 bridgehead atoms. The normalized spacial score (nSPS) is 12.0. The fraction of sp³-hybridized carbons (Fsp3) is 0.261. The van der Waals surface area contributed by atoms with E-state index in [2.05, 4.69) is 125 Å². The van der Waals surface area contributed by atoms with Gasteiger partial charge in [0.1, 0.15) is 0 Å². The molecule has 0 aliphatic heterocycles. The Morgan fingerprint density at radius 3 is 1.25 bits per heavy atom. The molecule has 4 aromatic carbocycles. The fourth-order valence-corrected chi connectivity index (χ4v) is 5.58. The Morgan fingerprint density at radius 2 is 0.962 bits per heavy atom. The molecule has 0 saturated carbocycles. The Labute approximate surface area is 356 Å². The van der Waals surface area contributed by atoms with E-state index in [-0.39, 0.29) is 24.8 Å². The molecule has 4 aliphatic rings. The Hall–Kier alpha value is -2.15. The number of hydrogen-bond donors (Lipinski definition) is 0. The molecule has 268 valence electrons. The second-order valence-electron chi connectivity index (χ2n) is 12.3. The summed E-state index contributed by atoms with van der Waals surface area (Å²) in [4.78, 5) is 0. The Bertz CT molecular complexity index is 1660. The van der Waals surface area contributed by atoms with Crippen LogP contribution in [-0.4, -0.2) is 20.6 Å². The van der Waals surface area contributed by atoms with Gasteiger partial charge in [-0.25, -0.2) is 24.3 Å². The number of hydrogen-bond acceptors (Lipinski definition) is 2. The van der Waals surface area contributed by atoms with Gasteiger partial charge < -0.3 is 34.3 Å². The summed E-state index contributed by atoms with van der Waals surface area (Å²) in [6, 6.07) is 32.0. The van der Waals surface area contributed by atoms with Gasteiger partial charge in [0.2, 0.25) is 0 Å². The maximum absolute atomic E-state index is 5.25. The third-order valence-corrected chi connectivity index (χ3v) is 7.41. The summed E-state index contributed by atoms with van der Waals surface area (Å²) in [5.41, 5.74) is 13.3. The first-order valence-corrected chi connectivity index (χ1v) is 19.4. The van der Waals surface area contributed by atoms with E-state index in [1.165, 1.54) is 62.0 Å². The van der Waals surface area contributed by atoms with Crippen molar-refractivity contribution in [2.24, 2.45) is 0 Å². The number of benzene rings is 4. The average molecular weight is 886 g/mol. The van der Waals surface area contributed by atoms with Crippen LogP contribution in [0.1, 0.15) is 73.9 Å². The molecule has 4 aliphatic carbocycles. The first-order valence-electron chi connectivity index (χ1n) is 16.9. The topological polar surface area (TPSA) is 18.5 Å². The standard InChI is InChI=1S/2C15H13O.2C5H5.2C3H6.2ClH.2Zr/c2*1-16-10-13-7-4-6-12-9-11-5-2-3-8-14(11)15(12)13;2*1-2-4-5-3-1;2*1-3-2;;;;/h2*2-5,7-8H,9-10H2,1H3;2*1-3H,4H2;2*1-2H3;2*1H;;/q4*-1;;;;;2*+2/p-2. The quantitative estimate of drug-likeness (QED) is 0.243. The molecule has 0 amide bonds. The molecule has 0 radical (unpaired) electrons. The van der Waals surface area contributed by atoms with Gasteiger partial charge in [0.05, 0.1) is 0 Å². The van der Waals surface area contributed by atoms with Crippen molar-refractivity contribution in [2.45, 2.75) is 66.6 Å². The van der Waals surface area contributed by atoms with Crippen LogP contribution < -0.4 is 24.8 Å². The van der Waals surface area contributed by atoms with Crippen LogP contribution in [0.4, 0.5) is 0 Å². The minimum Gasteiger partial charge on any atom is -1.00 e. The fourth-order valence-electron chi connectivity index (χ4n) is 5.58. The third-order valence-electron chi connectivity index (χ3n) is 7.41. The first-order chi connectivity index (χ1) is 24.3. The van der Waals surface area contributed by atoms with Gasteiger partial charge in [0.25, 0.3) is 0 Å². The smallest absolute Gasteiger partial charge is 0.109 e. The Morgan fingerprint density at radius 1 is 0.596 bits per heavy atom. The van der Waals surface area contributed by atoms with Crippen LogP contribution in [0.5, 0.6) is 0 Å². The van der Waals surface area contributed by atoms with Gasteiger partial charge in [-0.15, -0.1) is 46.2 Å².